The number of hydrogen-bond donors (Lipinski definition) is 1. The third kappa shape index (κ3) is 4.68. The summed E-state index contributed by atoms with van der Waals surface area (Å²) in [7, 11) is -3.98. The maximum Gasteiger partial charge on any atom is 0.264 e. The number of nitrogens with one attached hydrogen (secondary N) is 1. The van der Waals surface area contributed by atoms with Crippen LogP contribution < -0.4 is 5.32 Å². The lowest BCUT2D eigenvalue weighted by Gasteiger charge is -2.35. The Labute approximate surface area is 192 Å². The fourth-order valence-electron chi connectivity index (χ4n) is 3.81. The Bertz CT molecular complexity index is 1120. The first-order chi connectivity index (χ1) is 15.4. The topological polar surface area (TPSA) is 86.8 Å². The maximum absolute atomic E-state index is 13.2. The number of hydrogen-bond acceptors (Lipinski definition) is 5. The molecule has 1 saturated heterocycles. The van der Waals surface area contributed by atoms with Gasteiger partial charge in [-0.15, -0.1) is 0 Å². The van der Waals surface area contributed by atoms with Gasteiger partial charge in [0.1, 0.15) is 6.04 Å². The molecule has 1 N–H and O–H groups in total. The summed E-state index contributed by atoms with van der Waals surface area (Å²) in [4.78, 5) is 27.5. The molecule has 168 valence electrons. The molecule has 0 radical (unpaired) electrons. The van der Waals surface area contributed by atoms with E-state index in [-0.39, 0.29) is 22.5 Å². The fraction of sp³-hybridized carbons (Fsp3) is 0.304. The van der Waals surface area contributed by atoms with Crippen LogP contribution in [0.4, 0.5) is 0 Å². The van der Waals surface area contributed by atoms with Gasteiger partial charge in [0.05, 0.1) is 11.3 Å². The van der Waals surface area contributed by atoms with Crippen molar-refractivity contribution in [3.63, 3.8) is 0 Å². The summed E-state index contributed by atoms with van der Waals surface area (Å²) < 4.78 is 27.4. The Balaban J connectivity index is 1.52. The highest BCUT2D eigenvalue weighted by atomic mass is 32.2. The minimum atomic E-state index is -3.98. The van der Waals surface area contributed by atoms with Crippen LogP contribution in [0.3, 0.4) is 0 Å². The van der Waals surface area contributed by atoms with Gasteiger partial charge < -0.3 is 10.2 Å². The SMILES string of the molecule is Cc1ccc(S(=O)(=O)N2C=CNC(=O)[C@H]2CC(=O)N2CCSC(c3ccccc3)C2)cc1. The molecule has 32 heavy (non-hydrogen) atoms. The van der Waals surface area contributed by atoms with Crippen LogP contribution in [0.15, 0.2) is 71.9 Å². The Morgan fingerprint density at radius 1 is 1.12 bits per heavy atom. The quantitative estimate of drug-likeness (QED) is 0.725. The van der Waals surface area contributed by atoms with E-state index in [1.165, 1.54) is 24.5 Å². The number of nitrogens with zero attached hydrogens (tertiary/aromatic N) is 2. The molecule has 2 aromatic carbocycles. The summed E-state index contributed by atoms with van der Waals surface area (Å²) in [5, 5.41) is 2.69. The van der Waals surface area contributed by atoms with Crippen molar-refractivity contribution in [2.75, 3.05) is 18.8 Å². The van der Waals surface area contributed by atoms with Gasteiger partial charge >= 0.3 is 0 Å². The number of sulfonamides is 1. The molecule has 0 bridgehead atoms. The third-order valence-corrected chi connectivity index (χ3v) is 8.65. The normalized spacial score (nSPS) is 21.3. The Kier molecular flexibility index (Phi) is 6.57. The number of aryl methyl sites for hydroxylation is 1. The molecule has 2 heterocycles. The van der Waals surface area contributed by atoms with Crippen molar-refractivity contribution in [2.24, 2.45) is 0 Å². The first-order valence-corrected chi connectivity index (χ1v) is 12.9. The number of thioether (sulfide) groups is 1. The van der Waals surface area contributed by atoms with Crippen molar-refractivity contribution in [2.45, 2.75) is 29.5 Å². The average molecular weight is 472 g/mol. The molecule has 0 spiro atoms. The lowest BCUT2D eigenvalue weighted by Crippen LogP contribution is -2.52. The molecular weight excluding hydrogens is 446 g/mol. The summed E-state index contributed by atoms with van der Waals surface area (Å²) in [6, 6.07) is 15.3. The van der Waals surface area contributed by atoms with Crippen molar-refractivity contribution in [3.05, 3.63) is 78.1 Å². The highest BCUT2D eigenvalue weighted by Crippen LogP contribution is 2.33. The summed E-state index contributed by atoms with van der Waals surface area (Å²) in [6.07, 6.45) is 2.39. The van der Waals surface area contributed by atoms with Gasteiger partial charge in [-0.25, -0.2) is 8.42 Å². The summed E-state index contributed by atoms with van der Waals surface area (Å²) >= 11 is 1.80. The van der Waals surface area contributed by atoms with E-state index in [1.807, 2.05) is 37.3 Å². The van der Waals surface area contributed by atoms with E-state index < -0.39 is 22.0 Å². The van der Waals surface area contributed by atoms with Crippen LogP contribution in [0.5, 0.6) is 0 Å². The summed E-state index contributed by atoms with van der Waals surface area (Å²) in [6.45, 7) is 2.97. The van der Waals surface area contributed by atoms with E-state index in [9.17, 15) is 18.0 Å². The third-order valence-electron chi connectivity index (χ3n) is 5.61. The fourth-order valence-corrected chi connectivity index (χ4v) is 6.51. The zero-order valence-electron chi connectivity index (χ0n) is 17.7. The Morgan fingerprint density at radius 3 is 2.56 bits per heavy atom. The largest absolute Gasteiger partial charge is 0.340 e. The smallest absolute Gasteiger partial charge is 0.264 e. The molecule has 2 aromatic rings. The molecule has 7 nitrogen and oxygen atoms in total. The van der Waals surface area contributed by atoms with Crippen LogP contribution in [0.2, 0.25) is 0 Å². The van der Waals surface area contributed by atoms with E-state index in [1.54, 1.807) is 28.8 Å². The van der Waals surface area contributed by atoms with Crippen LogP contribution in [0.25, 0.3) is 0 Å². The second-order valence-corrected chi connectivity index (χ2v) is 11.0. The molecule has 9 heteroatoms. The molecule has 0 saturated carbocycles. The zero-order chi connectivity index (χ0) is 22.7. The van der Waals surface area contributed by atoms with E-state index >= 15 is 0 Å². The molecule has 1 fully saturated rings. The monoisotopic (exact) mass is 471 g/mol. The second kappa shape index (κ2) is 9.38. The van der Waals surface area contributed by atoms with Gasteiger partial charge in [-0.3, -0.25) is 13.9 Å². The summed E-state index contributed by atoms with van der Waals surface area (Å²) in [5.41, 5.74) is 2.08. The highest BCUT2D eigenvalue weighted by molar-refractivity contribution is 7.99. The van der Waals surface area contributed by atoms with E-state index in [0.717, 1.165) is 21.2 Å². The molecule has 1 unspecified atom stereocenters. The van der Waals surface area contributed by atoms with E-state index in [0.29, 0.717) is 13.1 Å². The Hall–Kier alpha value is -2.78. The van der Waals surface area contributed by atoms with Gasteiger partial charge in [-0.2, -0.15) is 11.8 Å². The molecule has 2 amide bonds. The minimum Gasteiger partial charge on any atom is -0.340 e. The minimum absolute atomic E-state index is 0.0819. The van der Waals surface area contributed by atoms with E-state index in [4.69, 9.17) is 0 Å². The molecule has 2 aliphatic rings. The molecule has 2 aliphatic heterocycles. The van der Waals surface area contributed by atoms with Crippen molar-refractivity contribution in [1.82, 2.24) is 14.5 Å². The molecule has 0 aliphatic carbocycles. The molecule has 4 rings (SSSR count). The lowest BCUT2D eigenvalue weighted by molar-refractivity contribution is -0.135. The van der Waals surface area contributed by atoms with Crippen molar-refractivity contribution >= 4 is 33.6 Å². The number of benzene rings is 2. The molecule has 0 aromatic heterocycles. The number of rotatable bonds is 5. The van der Waals surface area contributed by atoms with Crippen LogP contribution in [-0.4, -0.2) is 54.3 Å². The standard InChI is InChI=1S/C23H25N3O4S2/c1-17-7-9-19(10-8-17)32(29,30)26-12-11-24-23(28)20(26)15-22(27)25-13-14-31-21(16-25)18-5-3-2-4-6-18/h2-12,20-21H,13-16H2,1H3,(H,24,28)/t20-,21?/m1/s1. The first kappa shape index (κ1) is 22.4. The van der Waals surface area contributed by atoms with Gasteiger partial charge in [-0.05, 0) is 24.6 Å². The van der Waals surface area contributed by atoms with Gasteiger partial charge in [0.15, 0.2) is 0 Å². The second-order valence-electron chi connectivity index (χ2n) is 7.80. The number of carbonyl (C=O) groups excluding carboxylic acids is 2. The predicted molar refractivity (Wildman–Crippen MR) is 124 cm³/mol. The molecular formula is C23H25N3O4S2. The average Bonchev–Trinajstić information content (AvgIpc) is 2.81. The van der Waals surface area contributed by atoms with Crippen molar-refractivity contribution in [3.8, 4) is 0 Å². The van der Waals surface area contributed by atoms with Crippen molar-refractivity contribution in [1.29, 1.82) is 0 Å². The van der Waals surface area contributed by atoms with Crippen LogP contribution in [0, 0.1) is 6.92 Å². The van der Waals surface area contributed by atoms with Gasteiger partial charge in [0.25, 0.3) is 10.0 Å². The van der Waals surface area contributed by atoms with Gasteiger partial charge in [0.2, 0.25) is 11.8 Å². The van der Waals surface area contributed by atoms with E-state index in [2.05, 4.69) is 5.32 Å². The molecule has 2 atom stereocenters. The number of carbonyl (C=O) groups is 2. The lowest BCUT2D eigenvalue weighted by atomic mass is 10.1. The zero-order valence-corrected chi connectivity index (χ0v) is 19.3. The number of amides is 2. The predicted octanol–water partition coefficient (Wildman–Crippen LogP) is 2.66. The van der Waals surface area contributed by atoms with Crippen LogP contribution in [0.1, 0.15) is 22.8 Å². The van der Waals surface area contributed by atoms with Crippen molar-refractivity contribution < 1.29 is 18.0 Å². The van der Waals surface area contributed by atoms with Crippen LogP contribution >= 0.6 is 11.8 Å². The first-order valence-electron chi connectivity index (χ1n) is 10.4. The van der Waals surface area contributed by atoms with Crippen LogP contribution in [-0.2, 0) is 19.6 Å². The van der Waals surface area contributed by atoms with Gasteiger partial charge in [-0.1, -0.05) is 48.0 Å². The Morgan fingerprint density at radius 2 is 1.84 bits per heavy atom. The maximum atomic E-state index is 13.2. The highest BCUT2D eigenvalue weighted by Gasteiger charge is 2.38. The summed E-state index contributed by atoms with van der Waals surface area (Å²) in [5.74, 6) is 0.0429. The van der Waals surface area contributed by atoms with Gasteiger partial charge in [0, 0.05) is 36.5 Å².